The lowest BCUT2D eigenvalue weighted by Gasteiger charge is -2.50. The van der Waals surface area contributed by atoms with Crippen molar-refractivity contribution in [2.75, 3.05) is 19.7 Å². The summed E-state index contributed by atoms with van der Waals surface area (Å²) >= 11 is 0. The third-order valence-electron chi connectivity index (χ3n) is 5.59. The Labute approximate surface area is 140 Å². The van der Waals surface area contributed by atoms with Crippen LogP contribution in [0.1, 0.15) is 72.1 Å². The maximum Gasteiger partial charge on any atom is 0.410 e. The van der Waals surface area contributed by atoms with E-state index in [4.69, 9.17) is 4.74 Å². The summed E-state index contributed by atoms with van der Waals surface area (Å²) in [7, 11) is 0. The number of carbonyl (C=O) groups excluding carboxylic acids is 1. The number of piperidine rings is 1. The molecule has 2 fully saturated rings. The molecule has 1 saturated heterocycles. The Hall–Kier alpha value is -0.810. The average Bonchev–Trinajstić information content (AvgIpc) is 2.72. The Bertz CT molecular complexity index is 400. The quantitative estimate of drug-likeness (QED) is 0.765. The first-order valence-corrected chi connectivity index (χ1v) is 9.03. The van der Waals surface area contributed by atoms with Crippen LogP contribution in [0.15, 0.2) is 0 Å². The maximum atomic E-state index is 12.2. The number of aliphatic hydroxyl groups excluding tert-OH is 1. The topological polar surface area (TPSA) is 70.0 Å². The van der Waals surface area contributed by atoms with Gasteiger partial charge < -0.3 is 19.8 Å². The Balaban J connectivity index is 2.02. The van der Waals surface area contributed by atoms with Gasteiger partial charge in [0, 0.05) is 18.5 Å². The fraction of sp³-hybridized carbons (Fsp3) is 0.944. The summed E-state index contributed by atoms with van der Waals surface area (Å²) in [5.74, 6) is 0. The van der Waals surface area contributed by atoms with Gasteiger partial charge in [-0.15, -0.1) is 0 Å². The van der Waals surface area contributed by atoms with E-state index in [9.17, 15) is 15.0 Å². The fourth-order valence-electron chi connectivity index (χ4n) is 4.09. The van der Waals surface area contributed by atoms with E-state index in [0.717, 1.165) is 25.7 Å². The van der Waals surface area contributed by atoms with Crippen LogP contribution in [0.5, 0.6) is 0 Å². The van der Waals surface area contributed by atoms with Gasteiger partial charge in [0.25, 0.3) is 0 Å². The molecule has 0 bridgehead atoms. The molecule has 134 valence electrons. The van der Waals surface area contributed by atoms with E-state index >= 15 is 0 Å². The highest BCUT2D eigenvalue weighted by Crippen LogP contribution is 2.48. The minimum atomic E-state index is -0.870. The minimum Gasteiger partial charge on any atom is -0.444 e. The van der Waals surface area contributed by atoms with Crippen LogP contribution in [0.4, 0.5) is 4.79 Å². The number of carbonyl (C=O) groups is 1. The van der Waals surface area contributed by atoms with Gasteiger partial charge in [-0.25, -0.2) is 4.79 Å². The third-order valence-corrected chi connectivity index (χ3v) is 5.59. The molecule has 1 aliphatic heterocycles. The van der Waals surface area contributed by atoms with Gasteiger partial charge in [0.15, 0.2) is 0 Å². The van der Waals surface area contributed by atoms with Crippen LogP contribution in [0.2, 0.25) is 0 Å². The molecule has 23 heavy (non-hydrogen) atoms. The van der Waals surface area contributed by atoms with Crippen LogP contribution in [0.25, 0.3) is 0 Å². The Morgan fingerprint density at radius 2 is 1.57 bits per heavy atom. The van der Waals surface area contributed by atoms with Crippen LogP contribution >= 0.6 is 0 Å². The van der Waals surface area contributed by atoms with Crippen molar-refractivity contribution in [1.29, 1.82) is 0 Å². The normalized spacial score (nSPS) is 24.8. The minimum absolute atomic E-state index is 0.0376. The number of aliphatic hydroxyl groups is 2. The van der Waals surface area contributed by atoms with E-state index < -0.39 is 16.6 Å². The first-order chi connectivity index (χ1) is 10.7. The lowest BCUT2D eigenvalue weighted by molar-refractivity contribution is -0.145. The summed E-state index contributed by atoms with van der Waals surface area (Å²) in [5.41, 5.74) is -1.77. The second-order valence-electron chi connectivity index (χ2n) is 8.35. The maximum absolute atomic E-state index is 12.2. The first-order valence-electron chi connectivity index (χ1n) is 9.03. The van der Waals surface area contributed by atoms with Gasteiger partial charge in [-0.05, 0) is 46.5 Å². The van der Waals surface area contributed by atoms with Gasteiger partial charge in [-0.3, -0.25) is 0 Å². The van der Waals surface area contributed by atoms with Crippen LogP contribution in [0.3, 0.4) is 0 Å². The molecule has 2 aliphatic rings. The van der Waals surface area contributed by atoms with E-state index in [2.05, 4.69) is 0 Å². The summed E-state index contributed by atoms with van der Waals surface area (Å²) in [4.78, 5) is 13.9. The number of hydrogen-bond acceptors (Lipinski definition) is 4. The highest BCUT2D eigenvalue weighted by molar-refractivity contribution is 5.68. The second kappa shape index (κ2) is 6.98. The van der Waals surface area contributed by atoms with Crippen LogP contribution in [0, 0.1) is 5.41 Å². The molecule has 1 saturated carbocycles. The zero-order valence-electron chi connectivity index (χ0n) is 14.9. The molecule has 5 heteroatoms. The van der Waals surface area contributed by atoms with E-state index in [1.807, 2.05) is 20.8 Å². The summed E-state index contributed by atoms with van der Waals surface area (Å²) in [6.07, 6.45) is 7.00. The first kappa shape index (κ1) is 18.5. The lowest BCUT2D eigenvalue weighted by atomic mass is 9.63. The molecule has 0 unspecified atom stereocenters. The molecule has 0 aromatic heterocycles. The molecule has 1 heterocycles. The van der Waals surface area contributed by atoms with E-state index in [1.165, 1.54) is 12.8 Å². The van der Waals surface area contributed by atoms with Crippen molar-refractivity contribution in [3.05, 3.63) is 0 Å². The van der Waals surface area contributed by atoms with Crippen molar-refractivity contribution < 1.29 is 19.7 Å². The molecule has 2 rings (SSSR count). The number of likely N-dealkylation sites (tertiary alicyclic amines) is 1. The fourth-order valence-corrected chi connectivity index (χ4v) is 4.09. The van der Waals surface area contributed by atoms with Gasteiger partial charge in [-0.1, -0.05) is 25.7 Å². The van der Waals surface area contributed by atoms with E-state index in [0.29, 0.717) is 25.9 Å². The molecule has 0 aromatic rings. The second-order valence-corrected chi connectivity index (χ2v) is 8.35. The van der Waals surface area contributed by atoms with E-state index in [-0.39, 0.29) is 12.7 Å². The standard InChI is InChI=1S/C18H33NO4/c1-16(2,3)23-15(21)19-12-10-18(22,11-13-19)17(14-20)8-6-4-5-7-9-17/h20,22H,4-14H2,1-3H3. The Morgan fingerprint density at radius 1 is 1.04 bits per heavy atom. The van der Waals surface area contributed by atoms with Crippen molar-refractivity contribution in [3.63, 3.8) is 0 Å². The molecule has 0 atom stereocenters. The number of nitrogens with zero attached hydrogens (tertiary/aromatic N) is 1. The summed E-state index contributed by atoms with van der Waals surface area (Å²) in [6.45, 7) is 6.60. The molecule has 1 amide bonds. The average molecular weight is 327 g/mol. The summed E-state index contributed by atoms with van der Waals surface area (Å²) in [5, 5.41) is 21.3. The highest BCUT2D eigenvalue weighted by atomic mass is 16.6. The van der Waals surface area contributed by atoms with Gasteiger partial charge >= 0.3 is 6.09 Å². The molecular weight excluding hydrogens is 294 g/mol. The summed E-state index contributed by atoms with van der Waals surface area (Å²) < 4.78 is 5.42. The number of ether oxygens (including phenoxy) is 1. The Morgan fingerprint density at radius 3 is 2.00 bits per heavy atom. The van der Waals surface area contributed by atoms with Crippen molar-refractivity contribution in [1.82, 2.24) is 4.90 Å². The third kappa shape index (κ3) is 4.18. The Kier molecular flexibility index (Phi) is 5.62. The van der Waals surface area contributed by atoms with Gasteiger partial charge in [0.05, 0.1) is 12.2 Å². The molecule has 1 aliphatic carbocycles. The van der Waals surface area contributed by atoms with Gasteiger partial charge in [0.1, 0.15) is 5.60 Å². The van der Waals surface area contributed by atoms with Gasteiger partial charge in [0.2, 0.25) is 0 Å². The largest absolute Gasteiger partial charge is 0.444 e. The lowest BCUT2D eigenvalue weighted by Crippen LogP contribution is -2.57. The number of amides is 1. The predicted octanol–water partition coefficient (Wildman–Crippen LogP) is 3.08. The van der Waals surface area contributed by atoms with Crippen LogP contribution in [-0.4, -0.2) is 52.1 Å². The van der Waals surface area contributed by atoms with Crippen molar-refractivity contribution in [3.8, 4) is 0 Å². The van der Waals surface area contributed by atoms with Gasteiger partial charge in [-0.2, -0.15) is 0 Å². The van der Waals surface area contributed by atoms with Crippen molar-refractivity contribution >= 4 is 6.09 Å². The molecule has 0 aromatic carbocycles. The zero-order chi connectivity index (χ0) is 17.1. The van der Waals surface area contributed by atoms with Crippen LogP contribution < -0.4 is 0 Å². The molecule has 0 spiro atoms. The smallest absolute Gasteiger partial charge is 0.410 e. The van der Waals surface area contributed by atoms with Crippen LogP contribution in [-0.2, 0) is 4.74 Å². The molecule has 2 N–H and O–H groups in total. The molecule has 0 radical (unpaired) electrons. The van der Waals surface area contributed by atoms with E-state index in [1.54, 1.807) is 4.90 Å². The monoisotopic (exact) mass is 327 g/mol. The zero-order valence-corrected chi connectivity index (χ0v) is 14.9. The van der Waals surface area contributed by atoms with Crippen molar-refractivity contribution in [2.24, 2.45) is 5.41 Å². The SMILES string of the molecule is CC(C)(C)OC(=O)N1CCC(O)(C2(CO)CCCCCC2)CC1. The predicted molar refractivity (Wildman–Crippen MR) is 89.2 cm³/mol. The van der Waals surface area contributed by atoms with Crippen molar-refractivity contribution in [2.45, 2.75) is 83.3 Å². The summed E-state index contributed by atoms with van der Waals surface area (Å²) in [6, 6.07) is 0. The number of rotatable bonds is 2. The highest BCUT2D eigenvalue weighted by Gasteiger charge is 2.51. The molecule has 5 nitrogen and oxygen atoms in total. The molecular formula is C18H33NO4. The number of hydrogen-bond donors (Lipinski definition) is 2.